The van der Waals surface area contributed by atoms with Gasteiger partial charge >= 0.3 is 0 Å². The van der Waals surface area contributed by atoms with Gasteiger partial charge in [-0.25, -0.2) is 4.39 Å². The van der Waals surface area contributed by atoms with Crippen LogP contribution in [-0.4, -0.2) is 15.8 Å². The van der Waals surface area contributed by atoms with Crippen molar-refractivity contribution in [3.63, 3.8) is 0 Å². The zero-order chi connectivity index (χ0) is 13.8. The molecule has 0 atom stereocenters. The molecule has 0 saturated carbocycles. The molecule has 5 heteroatoms. The highest BCUT2D eigenvalue weighted by Gasteiger charge is 2.08. The van der Waals surface area contributed by atoms with Crippen LogP contribution in [0.3, 0.4) is 0 Å². The van der Waals surface area contributed by atoms with Gasteiger partial charge in [-0.2, -0.15) is 5.10 Å². The minimum Gasteiger partial charge on any atom is -0.310 e. The fraction of sp³-hybridized carbons (Fsp3) is 0.357. The van der Waals surface area contributed by atoms with Gasteiger partial charge in [-0.3, -0.25) is 4.68 Å². The van der Waals surface area contributed by atoms with Crippen molar-refractivity contribution in [2.75, 3.05) is 0 Å². The van der Waals surface area contributed by atoms with Crippen LogP contribution in [-0.2, 0) is 13.6 Å². The van der Waals surface area contributed by atoms with E-state index in [-0.39, 0.29) is 5.82 Å². The maximum Gasteiger partial charge on any atom is 0.123 e. The molecule has 1 aromatic carbocycles. The Hall–Kier alpha value is -1.33. The van der Waals surface area contributed by atoms with E-state index in [0.29, 0.717) is 12.6 Å². The first-order valence-corrected chi connectivity index (χ1v) is 7.04. The first-order chi connectivity index (χ1) is 9.04. The van der Waals surface area contributed by atoms with Gasteiger partial charge in [0.1, 0.15) is 5.82 Å². The van der Waals surface area contributed by atoms with Crippen molar-refractivity contribution in [3.8, 4) is 0 Å². The van der Waals surface area contributed by atoms with E-state index in [1.807, 2.05) is 25.5 Å². The molecule has 0 saturated heterocycles. The molecule has 0 radical (unpaired) electrons. The Bertz CT molecular complexity index is 551. The lowest BCUT2D eigenvalue weighted by Gasteiger charge is -2.12. The summed E-state index contributed by atoms with van der Waals surface area (Å²) in [6, 6.07) is 5.29. The Balaban J connectivity index is 2.18. The monoisotopic (exact) mass is 279 g/mol. The quantitative estimate of drug-likeness (QED) is 0.911. The number of aromatic nitrogens is 2. The Morgan fingerprint density at radius 2 is 2.21 bits per heavy atom. The van der Waals surface area contributed by atoms with Gasteiger partial charge in [0.15, 0.2) is 0 Å². The first-order valence-electron chi connectivity index (χ1n) is 6.23. The number of rotatable bonds is 5. The molecule has 19 heavy (non-hydrogen) atoms. The maximum atomic E-state index is 13.4. The van der Waals surface area contributed by atoms with E-state index in [9.17, 15) is 4.39 Å². The molecule has 0 bridgehead atoms. The molecule has 1 N–H and O–H groups in total. The van der Waals surface area contributed by atoms with E-state index in [1.165, 1.54) is 6.07 Å². The molecule has 2 aromatic rings. The minimum absolute atomic E-state index is 0.198. The summed E-state index contributed by atoms with van der Waals surface area (Å²) >= 11 is 1.61. The molecule has 0 unspecified atom stereocenters. The Morgan fingerprint density at radius 1 is 1.42 bits per heavy atom. The van der Waals surface area contributed by atoms with Crippen molar-refractivity contribution in [1.82, 2.24) is 15.1 Å². The number of benzene rings is 1. The summed E-state index contributed by atoms with van der Waals surface area (Å²) in [5.41, 5.74) is 0.975. The normalized spacial score (nSPS) is 11.2. The van der Waals surface area contributed by atoms with Crippen molar-refractivity contribution < 1.29 is 4.39 Å². The predicted octanol–water partition coefficient (Wildman–Crippen LogP) is 3.21. The predicted molar refractivity (Wildman–Crippen MR) is 75.7 cm³/mol. The highest BCUT2D eigenvalue weighted by atomic mass is 32.2. The second kappa shape index (κ2) is 6.21. The van der Waals surface area contributed by atoms with Crippen molar-refractivity contribution >= 4 is 11.8 Å². The van der Waals surface area contributed by atoms with E-state index in [2.05, 4.69) is 24.3 Å². The van der Waals surface area contributed by atoms with Gasteiger partial charge in [-0.15, -0.1) is 0 Å². The van der Waals surface area contributed by atoms with Crippen LogP contribution in [0.15, 0.2) is 40.4 Å². The molecule has 0 fully saturated rings. The SMILES string of the molecule is CC(C)NCc1cc(F)ccc1Sc1cnn(C)c1. The lowest BCUT2D eigenvalue weighted by Crippen LogP contribution is -2.22. The number of hydrogen-bond acceptors (Lipinski definition) is 3. The van der Waals surface area contributed by atoms with Gasteiger partial charge in [0.2, 0.25) is 0 Å². The zero-order valence-corrected chi connectivity index (χ0v) is 12.2. The molecule has 0 aliphatic carbocycles. The zero-order valence-electron chi connectivity index (χ0n) is 11.4. The van der Waals surface area contributed by atoms with E-state index in [4.69, 9.17) is 0 Å². The van der Waals surface area contributed by atoms with Crippen LogP contribution in [0.2, 0.25) is 0 Å². The molecule has 0 amide bonds. The molecule has 1 heterocycles. The first kappa shape index (κ1) is 14.1. The summed E-state index contributed by atoms with van der Waals surface area (Å²) in [4.78, 5) is 2.11. The molecule has 2 rings (SSSR count). The molecule has 0 aliphatic rings. The maximum absolute atomic E-state index is 13.4. The lowest BCUT2D eigenvalue weighted by molar-refractivity contribution is 0.576. The van der Waals surface area contributed by atoms with Crippen molar-refractivity contribution in [2.45, 2.75) is 36.2 Å². The number of nitrogens with zero attached hydrogens (tertiary/aromatic N) is 2. The topological polar surface area (TPSA) is 29.9 Å². The summed E-state index contributed by atoms with van der Waals surface area (Å²) < 4.78 is 15.1. The summed E-state index contributed by atoms with van der Waals surface area (Å²) in [7, 11) is 1.88. The van der Waals surface area contributed by atoms with Crippen LogP contribution in [0.25, 0.3) is 0 Å². The van der Waals surface area contributed by atoms with Gasteiger partial charge in [-0.05, 0) is 23.8 Å². The number of halogens is 1. The molecular weight excluding hydrogens is 261 g/mol. The van der Waals surface area contributed by atoms with Crippen molar-refractivity contribution in [1.29, 1.82) is 0 Å². The Labute approximate surface area is 117 Å². The van der Waals surface area contributed by atoms with Crippen LogP contribution in [0, 0.1) is 5.82 Å². The van der Waals surface area contributed by atoms with Gasteiger partial charge in [-0.1, -0.05) is 25.6 Å². The second-order valence-electron chi connectivity index (χ2n) is 4.74. The van der Waals surface area contributed by atoms with E-state index < -0.39 is 0 Å². The standard InChI is InChI=1S/C14H18FN3S/c1-10(2)16-7-11-6-12(15)4-5-14(11)19-13-8-17-18(3)9-13/h4-6,8-10,16H,7H2,1-3H3. The third kappa shape index (κ3) is 4.08. The Kier molecular flexibility index (Phi) is 4.61. The van der Waals surface area contributed by atoms with Crippen LogP contribution in [0.5, 0.6) is 0 Å². The average Bonchev–Trinajstić information content (AvgIpc) is 2.75. The van der Waals surface area contributed by atoms with E-state index in [1.54, 1.807) is 22.5 Å². The smallest absolute Gasteiger partial charge is 0.123 e. The van der Waals surface area contributed by atoms with Crippen LogP contribution >= 0.6 is 11.8 Å². The van der Waals surface area contributed by atoms with Gasteiger partial charge < -0.3 is 5.32 Å². The lowest BCUT2D eigenvalue weighted by atomic mass is 10.2. The fourth-order valence-electron chi connectivity index (χ4n) is 1.68. The molecule has 1 aromatic heterocycles. The number of nitrogens with one attached hydrogen (secondary N) is 1. The molecule has 0 aliphatic heterocycles. The number of aryl methyl sites for hydroxylation is 1. The Morgan fingerprint density at radius 3 is 2.84 bits per heavy atom. The number of hydrogen-bond donors (Lipinski definition) is 1. The summed E-state index contributed by atoms with van der Waals surface area (Å²) in [5, 5.41) is 7.46. The van der Waals surface area contributed by atoms with Gasteiger partial charge in [0.05, 0.1) is 11.1 Å². The fourth-order valence-corrected chi connectivity index (χ4v) is 2.64. The highest BCUT2D eigenvalue weighted by Crippen LogP contribution is 2.30. The summed E-state index contributed by atoms with van der Waals surface area (Å²) in [6.07, 6.45) is 3.77. The van der Waals surface area contributed by atoms with Gasteiger partial charge in [0.25, 0.3) is 0 Å². The minimum atomic E-state index is -0.198. The van der Waals surface area contributed by atoms with Crippen molar-refractivity contribution in [3.05, 3.63) is 42.0 Å². The third-order valence-electron chi connectivity index (χ3n) is 2.63. The van der Waals surface area contributed by atoms with Crippen LogP contribution in [0.1, 0.15) is 19.4 Å². The van der Waals surface area contributed by atoms with Gasteiger partial charge in [0, 0.05) is 30.7 Å². The molecule has 0 spiro atoms. The van der Waals surface area contributed by atoms with E-state index in [0.717, 1.165) is 15.4 Å². The van der Waals surface area contributed by atoms with Crippen molar-refractivity contribution in [2.24, 2.45) is 7.05 Å². The third-order valence-corrected chi connectivity index (χ3v) is 3.70. The van der Waals surface area contributed by atoms with Crippen LogP contribution < -0.4 is 5.32 Å². The van der Waals surface area contributed by atoms with E-state index >= 15 is 0 Å². The summed E-state index contributed by atoms with van der Waals surface area (Å²) in [6.45, 7) is 4.82. The molecule has 102 valence electrons. The average molecular weight is 279 g/mol. The highest BCUT2D eigenvalue weighted by molar-refractivity contribution is 7.99. The largest absolute Gasteiger partial charge is 0.310 e. The molecular formula is C14H18FN3S. The summed E-state index contributed by atoms with van der Waals surface area (Å²) in [5.74, 6) is -0.198. The van der Waals surface area contributed by atoms with Crippen LogP contribution in [0.4, 0.5) is 4.39 Å². The second-order valence-corrected chi connectivity index (χ2v) is 5.85. The molecule has 3 nitrogen and oxygen atoms in total.